The molecule has 0 bridgehead atoms. The van der Waals surface area contributed by atoms with Crippen molar-refractivity contribution in [3.8, 4) is 0 Å². The van der Waals surface area contributed by atoms with Crippen molar-refractivity contribution in [2.24, 2.45) is 11.8 Å². The fraction of sp³-hybridized carbons (Fsp3) is 0.500. The highest BCUT2D eigenvalue weighted by Gasteiger charge is 2.34. The van der Waals surface area contributed by atoms with Gasteiger partial charge in [-0.25, -0.2) is 0 Å². The van der Waals surface area contributed by atoms with E-state index >= 15 is 0 Å². The van der Waals surface area contributed by atoms with Gasteiger partial charge in [0.2, 0.25) is 0 Å². The first-order chi connectivity index (χ1) is 7.58. The van der Waals surface area contributed by atoms with Gasteiger partial charge in [-0.3, -0.25) is 9.59 Å². The molecule has 0 aliphatic rings. The van der Waals surface area contributed by atoms with E-state index in [-0.39, 0.29) is 5.92 Å². The Balaban J connectivity index is 4.73. The van der Waals surface area contributed by atoms with E-state index in [1.54, 1.807) is 0 Å². The summed E-state index contributed by atoms with van der Waals surface area (Å²) in [6.07, 6.45) is 3.63. The van der Waals surface area contributed by atoms with Gasteiger partial charge in [-0.1, -0.05) is 33.4 Å². The molecule has 4 heteroatoms. The van der Waals surface area contributed by atoms with E-state index in [1.165, 1.54) is 0 Å². The van der Waals surface area contributed by atoms with Crippen LogP contribution < -0.4 is 0 Å². The molecular weight excluding hydrogens is 208 g/mol. The van der Waals surface area contributed by atoms with E-state index in [1.807, 2.05) is 13.8 Å². The van der Waals surface area contributed by atoms with Crippen molar-refractivity contribution in [2.45, 2.75) is 26.7 Å². The molecule has 0 spiro atoms. The van der Waals surface area contributed by atoms with Crippen molar-refractivity contribution in [3.63, 3.8) is 0 Å². The fourth-order valence-electron chi connectivity index (χ4n) is 1.49. The molecule has 0 aromatic carbocycles. The zero-order valence-corrected chi connectivity index (χ0v) is 9.77. The molecule has 0 aliphatic heterocycles. The minimum Gasteiger partial charge on any atom is -0.434 e. The lowest BCUT2D eigenvalue weighted by Crippen LogP contribution is -2.31. The number of rotatable bonds is 7. The number of ether oxygens (including phenoxy) is 2. The van der Waals surface area contributed by atoms with Crippen LogP contribution in [0.5, 0.6) is 0 Å². The van der Waals surface area contributed by atoms with Crippen LogP contribution in [0.4, 0.5) is 0 Å². The van der Waals surface area contributed by atoms with Crippen molar-refractivity contribution in [2.75, 3.05) is 0 Å². The summed E-state index contributed by atoms with van der Waals surface area (Å²) in [6.45, 7) is 10.3. The van der Waals surface area contributed by atoms with E-state index in [2.05, 4.69) is 22.6 Å². The summed E-state index contributed by atoms with van der Waals surface area (Å²) >= 11 is 0. The second-order valence-electron chi connectivity index (χ2n) is 3.45. The van der Waals surface area contributed by atoms with Gasteiger partial charge in [-0.15, -0.1) is 0 Å². The van der Waals surface area contributed by atoms with E-state index in [0.717, 1.165) is 25.4 Å². The largest absolute Gasteiger partial charge is 0.434 e. The maximum atomic E-state index is 11.5. The zero-order chi connectivity index (χ0) is 12.6. The van der Waals surface area contributed by atoms with E-state index in [0.29, 0.717) is 0 Å². The van der Waals surface area contributed by atoms with Crippen molar-refractivity contribution in [3.05, 3.63) is 25.7 Å². The number of hydrogen-bond acceptors (Lipinski definition) is 4. The lowest BCUT2D eigenvalue weighted by molar-refractivity contribution is -0.158. The summed E-state index contributed by atoms with van der Waals surface area (Å²) in [7, 11) is 0. The van der Waals surface area contributed by atoms with Gasteiger partial charge in [0, 0.05) is 0 Å². The lowest BCUT2D eigenvalue weighted by atomic mass is 9.90. The maximum Gasteiger partial charge on any atom is 0.325 e. The molecule has 0 saturated heterocycles. The number of carbonyl (C=O) groups excluding carboxylic acids is 2. The summed E-state index contributed by atoms with van der Waals surface area (Å²) < 4.78 is 9.26. The van der Waals surface area contributed by atoms with Crippen LogP contribution in [0, 0.1) is 11.8 Å². The van der Waals surface area contributed by atoms with Crippen LogP contribution in [-0.2, 0) is 19.1 Å². The Morgan fingerprint density at radius 2 is 1.62 bits per heavy atom. The van der Waals surface area contributed by atoms with Gasteiger partial charge in [0.05, 0.1) is 12.5 Å². The molecule has 0 aromatic heterocycles. The van der Waals surface area contributed by atoms with Crippen molar-refractivity contribution >= 4 is 11.9 Å². The Hall–Kier alpha value is -1.58. The van der Waals surface area contributed by atoms with Gasteiger partial charge in [-0.2, -0.15) is 0 Å². The van der Waals surface area contributed by atoms with E-state index < -0.39 is 17.9 Å². The lowest BCUT2D eigenvalue weighted by Gasteiger charge is -2.18. The van der Waals surface area contributed by atoms with Crippen LogP contribution in [-0.4, -0.2) is 11.9 Å². The smallest absolute Gasteiger partial charge is 0.325 e. The van der Waals surface area contributed by atoms with E-state index in [4.69, 9.17) is 0 Å². The average Bonchev–Trinajstić information content (AvgIpc) is 2.19. The first kappa shape index (κ1) is 14.4. The standard InChI is InChI=1S/C12H18O4/c1-5-8-9(4)10(11(13)15-6-2)12(14)16-7-3/h6-7,9-10H,2-3,5,8H2,1,4H3. The normalized spacial score (nSPS) is 11.7. The number of esters is 2. The molecule has 0 rings (SSSR count). The maximum absolute atomic E-state index is 11.5. The van der Waals surface area contributed by atoms with Gasteiger partial charge in [-0.05, 0) is 12.3 Å². The SMILES string of the molecule is C=COC(=O)C(C(=O)OC=C)C(C)CCC. The highest BCUT2D eigenvalue weighted by Crippen LogP contribution is 2.20. The van der Waals surface area contributed by atoms with Crippen LogP contribution in [0.1, 0.15) is 26.7 Å². The molecule has 0 radical (unpaired) electrons. The van der Waals surface area contributed by atoms with E-state index in [9.17, 15) is 9.59 Å². The Morgan fingerprint density at radius 3 is 1.94 bits per heavy atom. The molecule has 1 unspecified atom stereocenters. The monoisotopic (exact) mass is 226 g/mol. The van der Waals surface area contributed by atoms with Crippen molar-refractivity contribution < 1.29 is 19.1 Å². The molecule has 90 valence electrons. The average molecular weight is 226 g/mol. The van der Waals surface area contributed by atoms with Crippen LogP contribution in [0.3, 0.4) is 0 Å². The van der Waals surface area contributed by atoms with Crippen molar-refractivity contribution in [1.29, 1.82) is 0 Å². The van der Waals surface area contributed by atoms with Crippen molar-refractivity contribution in [1.82, 2.24) is 0 Å². The summed E-state index contributed by atoms with van der Waals surface area (Å²) in [5, 5.41) is 0. The third-order valence-electron chi connectivity index (χ3n) is 2.22. The Kier molecular flexibility index (Phi) is 6.92. The second kappa shape index (κ2) is 7.68. The molecule has 0 N–H and O–H groups in total. The third kappa shape index (κ3) is 4.29. The van der Waals surface area contributed by atoms with Crippen LogP contribution in [0.25, 0.3) is 0 Å². The predicted molar refractivity (Wildman–Crippen MR) is 60.1 cm³/mol. The van der Waals surface area contributed by atoms with Crippen LogP contribution in [0.2, 0.25) is 0 Å². The molecule has 0 fully saturated rings. The summed E-state index contributed by atoms with van der Waals surface area (Å²) in [5.41, 5.74) is 0. The highest BCUT2D eigenvalue weighted by atomic mass is 16.5. The molecule has 0 aromatic rings. The molecule has 16 heavy (non-hydrogen) atoms. The molecule has 1 atom stereocenters. The molecular formula is C12H18O4. The third-order valence-corrected chi connectivity index (χ3v) is 2.22. The van der Waals surface area contributed by atoms with Gasteiger partial charge < -0.3 is 9.47 Å². The Morgan fingerprint density at radius 1 is 1.19 bits per heavy atom. The Bertz CT molecular complexity index is 248. The summed E-state index contributed by atoms with van der Waals surface area (Å²) in [4.78, 5) is 23.1. The highest BCUT2D eigenvalue weighted by molar-refractivity contribution is 5.95. The van der Waals surface area contributed by atoms with Gasteiger partial charge in [0.25, 0.3) is 0 Å². The topological polar surface area (TPSA) is 52.6 Å². The zero-order valence-electron chi connectivity index (χ0n) is 9.77. The minimum absolute atomic E-state index is 0.134. The molecule has 4 nitrogen and oxygen atoms in total. The fourth-order valence-corrected chi connectivity index (χ4v) is 1.49. The molecule has 0 aliphatic carbocycles. The summed E-state index contributed by atoms with van der Waals surface area (Å²) in [6, 6.07) is 0. The minimum atomic E-state index is -0.920. The van der Waals surface area contributed by atoms with Crippen LogP contribution in [0.15, 0.2) is 25.7 Å². The number of carbonyl (C=O) groups is 2. The first-order valence-corrected chi connectivity index (χ1v) is 5.21. The quantitative estimate of drug-likeness (QED) is 0.380. The molecule has 0 saturated carbocycles. The Labute approximate surface area is 95.9 Å². The van der Waals surface area contributed by atoms with Crippen LogP contribution >= 0.6 is 0 Å². The first-order valence-electron chi connectivity index (χ1n) is 5.21. The molecule has 0 amide bonds. The summed E-state index contributed by atoms with van der Waals surface area (Å²) in [5.74, 6) is -2.33. The van der Waals surface area contributed by atoms with Gasteiger partial charge >= 0.3 is 11.9 Å². The predicted octanol–water partition coefficient (Wildman–Crippen LogP) is 2.41. The molecule has 0 heterocycles. The van der Waals surface area contributed by atoms with Gasteiger partial charge in [0.15, 0.2) is 5.92 Å². The van der Waals surface area contributed by atoms with Gasteiger partial charge in [0.1, 0.15) is 0 Å². The number of hydrogen-bond donors (Lipinski definition) is 0. The second-order valence-corrected chi connectivity index (χ2v) is 3.45.